The molecule has 8 nitrogen and oxygen atoms in total. The van der Waals surface area contributed by atoms with E-state index in [9.17, 15) is 32.7 Å². The number of alkyl halides is 3. The first kappa shape index (κ1) is 29.6. The van der Waals surface area contributed by atoms with Crippen molar-refractivity contribution >= 4 is 17.9 Å². The number of ether oxygens (including phenoxy) is 1. The number of nitrogens with zero attached hydrogens (tertiary/aromatic N) is 1. The smallest absolute Gasteiger partial charge is 0.408 e. The van der Waals surface area contributed by atoms with Crippen LogP contribution < -0.4 is 10.6 Å². The van der Waals surface area contributed by atoms with Crippen molar-refractivity contribution in [1.29, 1.82) is 0 Å². The van der Waals surface area contributed by atoms with Crippen molar-refractivity contribution in [3.63, 3.8) is 0 Å². The summed E-state index contributed by atoms with van der Waals surface area (Å²) < 4.78 is 45.0. The molecule has 0 saturated heterocycles. The van der Waals surface area contributed by atoms with Crippen molar-refractivity contribution in [2.75, 3.05) is 6.54 Å². The molecule has 2 aromatic rings. The van der Waals surface area contributed by atoms with Crippen LogP contribution in [0, 0.1) is 0 Å². The van der Waals surface area contributed by atoms with E-state index in [0.29, 0.717) is 5.56 Å². The molecule has 0 aliphatic rings. The van der Waals surface area contributed by atoms with Gasteiger partial charge >= 0.3 is 12.3 Å². The van der Waals surface area contributed by atoms with Crippen LogP contribution in [-0.2, 0) is 27.4 Å². The second-order valence-corrected chi connectivity index (χ2v) is 9.44. The molecule has 2 rings (SSSR count). The monoisotopic (exact) mass is 523 g/mol. The fourth-order valence-electron chi connectivity index (χ4n) is 3.33. The number of benzene rings is 2. The highest BCUT2D eigenvalue weighted by atomic mass is 19.4. The summed E-state index contributed by atoms with van der Waals surface area (Å²) in [6, 6.07) is 15.2. The van der Waals surface area contributed by atoms with Gasteiger partial charge in [0.2, 0.25) is 5.91 Å². The maximum atomic E-state index is 13.3. The number of aliphatic hydroxyl groups excluding tert-OH is 1. The predicted octanol–water partition coefficient (Wildman–Crippen LogP) is 3.54. The minimum Gasteiger partial charge on any atom is -0.444 e. The minimum absolute atomic E-state index is 0.111. The second kappa shape index (κ2) is 13.1. The van der Waals surface area contributed by atoms with E-state index in [0.717, 1.165) is 10.5 Å². The number of nitrogens with one attached hydrogen (secondary N) is 2. The molecule has 0 fully saturated rings. The quantitative estimate of drug-likeness (QED) is 0.442. The molecule has 0 aliphatic heterocycles. The number of aliphatic hydroxyl groups is 1. The Hall–Kier alpha value is -3.60. The standard InChI is InChI=1S/C26H32F3N3O5/c1-25(2,3)37-24(36)31-20(14-26(27,28)29)23(35)32(16-19-12-8-5-9-13-19)17-21(33)22(34)30-15-18-10-6-4-7-11-18/h4-13,20-21,33H,14-17H2,1-3H3,(H,30,34)(H,31,36)/t20-,21-/m0/s1. The molecule has 0 saturated carbocycles. The number of alkyl carbamates (subject to hydrolysis) is 1. The van der Waals surface area contributed by atoms with E-state index >= 15 is 0 Å². The molecule has 0 unspecified atom stereocenters. The number of hydrogen-bond acceptors (Lipinski definition) is 5. The fourth-order valence-corrected chi connectivity index (χ4v) is 3.33. The molecule has 202 valence electrons. The van der Waals surface area contributed by atoms with Gasteiger partial charge < -0.3 is 25.4 Å². The highest BCUT2D eigenvalue weighted by Crippen LogP contribution is 2.23. The molecule has 11 heteroatoms. The van der Waals surface area contributed by atoms with Gasteiger partial charge in [-0.2, -0.15) is 13.2 Å². The number of carbonyl (C=O) groups excluding carboxylic acids is 3. The summed E-state index contributed by atoms with van der Waals surface area (Å²) in [5, 5.41) is 15.0. The van der Waals surface area contributed by atoms with Crippen LogP contribution in [0.15, 0.2) is 60.7 Å². The first-order valence-electron chi connectivity index (χ1n) is 11.6. The molecule has 0 aromatic heterocycles. The lowest BCUT2D eigenvalue weighted by Gasteiger charge is -2.30. The normalized spacial score (nSPS) is 13.3. The van der Waals surface area contributed by atoms with Crippen molar-refractivity contribution in [3.05, 3.63) is 71.8 Å². The minimum atomic E-state index is -4.79. The van der Waals surface area contributed by atoms with Crippen LogP contribution in [0.3, 0.4) is 0 Å². The van der Waals surface area contributed by atoms with Gasteiger partial charge in [-0.25, -0.2) is 4.79 Å². The van der Waals surface area contributed by atoms with Crippen molar-refractivity contribution in [2.45, 2.75) is 64.2 Å². The van der Waals surface area contributed by atoms with E-state index in [2.05, 4.69) is 5.32 Å². The van der Waals surface area contributed by atoms with E-state index in [-0.39, 0.29) is 13.1 Å². The van der Waals surface area contributed by atoms with Gasteiger partial charge in [-0.15, -0.1) is 0 Å². The van der Waals surface area contributed by atoms with Gasteiger partial charge in [0.25, 0.3) is 5.91 Å². The van der Waals surface area contributed by atoms with Gasteiger partial charge in [-0.05, 0) is 31.9 Å². The van der Waals surface area contributed by atoms with Crippen LogP contribution in [0.25, 0.3) is 0 Å². The van der Waals surface area contributed by atoms with Crippen molar-refractivity contribution < 1.29 is 37.4 Å². The summed E-state index contributed by atoms with van der Waals surface area (Å²) in [5.41, 5.74) is 0.315. The summed E-state index contributed by atoms with van der Waals surface area (Å²) in [6.07, 6.45) is -9.38. The van der Waals surface area contributed by atoms with Crippen LogP contribution >= 0.6 is 0 Å². The van der Waals surface area contributed by atoms with E-state index in [4.69, 9.17) is 4.74 Å². The Labute approximate surface area is 213 Å². The zero-order valence-corrected chi connectivity index (χ0v) is 20.9. The third-order valence-electron chi connectivity index (χ3n) is 4.96. The number of hydrogen-bond donors (Lipinski definition) is 3. The third kappa shape index (κ3) is 11.3. The van der Waals surface area contributed by atoms with E-state index < -0.39 is 54.8 Å². The molecule has 2 aromatic carbocycles. The first-order valence-corrected chi connectivity index (χ1v) is 11.6. The summed E-state index contributed by atoms with van der Waals surface area (Å²) in [6.45, 7) is 3.89. The molecule has 0 heterocycles. The first-order chi connectivity index (χ1) is 17.2. The van der Waals surface area contributed by atoms with Crippen molar-refractivity contribution in [2.24, 2.45) is 0 Å². The lowest BCUT2D eigenvalue weighted by Crippen LogP contribution is -2.53. The Bertz CT molecular complexity index is 1030. The Morgan fingerprint density at radius 2 is 1.49 bits per heavy atom. The molecule has 3 amide bonds. The number of rotatable bonds is 10. The molecule has 2 atom stereocenters. The summed E-state index contributed by atoms with van der Waals surface area (Å²) >= 11 is 0. The molecule has 37 heavy (non-hydrogen) atoms. The zero-order valence-electron chi connectivity index (χ0n) is 20.9. The SMILES string of the molecule is CC(C)(C)OC(=O)N[C@@H](CC(F)(F)F)C(=O)N(Cc1ccccc1)C[C@H](O)C(=O)NCc1ccccc1. The average molecular weight is 524 g/mol. The van der Waals surface area contributed by atoms with E-state index in [1.54, 1.807) is 60.7 Å². The Morgan fingerprint density at radius 1 is 0.946 bits per heavy atom. The third-order valence-corrected chi connectivity index (χ3v) is 4.96. The molecule has 0 spiro atoms. The Balaban J connectivity index is 2.22. The van der Waals surface area contributed by atoms with Gasteiger partial charge in [0, 0.05) is 13.1 Å². The van der Waals surface area contributed by atoms with Gasteiger partial charge in [0.05, 0.1) is 13.0 Å². The van der Waals surface area contributed by atoms with Gasteiger partial charge in [0.15, 0.2) is 0 Å². The van der Waals surface area contributed by atoms with Gasteiger partial charge in [-0.3, -0.25) is 9.59 Å². The maximum absolute atomic E-state index is 13.3. The van der Waals surface area contributed by atoms with E-state index in [1.807, 2.05) is 5.32 Å². The van der Waals surface area contributed by atoms with Gasteiger partial charge in [-0.1, -0.05) is 60.7 Å². The number of carbonyl (C=O) groups is 3. The molecule has 3 N–H and O–H groups in total. The van der Waals surface area contributed by atoms with Crippen molar-refractivity contribution in [1.82, 2.24) is 15.5 Å². The Kier molecular flexibility index (Phi) is 10.5. The summed E-state index contributed by atoms with van der Waals surface area (Å²) in [4.78, 5) is 38.9. The van der Waals surface area contributed by atoms with Crippen LogP contribution in [0.2, 0.25) is 0 Å². The molecule has 0 bridgehead atoms. The Morgan fingerprint density at radius 3 is 2.00 bits per heavy atom. The highest BCUT2D eigenvalue weighted by Gasteiger charge is 2.39. The lowest BCUT2D eigenvalue weighted by molar-refractivity contribution is -0.156. The number of amides is 3. The molecular formula is C26H32F3N3O5. The zero-order chi connectivity index (χ0) is 27.6. The molecule has 0 radical (unpaired) electrons. The molecular weight excluding hydrogens is 491 g/mol. The maximum Gasteiger partial charge on any atom is 0.408 e. The van der Waals surface area contributed by atoms with Crippen LogP contribution in [0.4, 0.5) is 18.0 Å². The van der Waals surface area contributed by atoms with E-state index in [1.165, 1.54) is 20.8 Å². The largest absolute Gasteiger partial charge is 0.444 e. The van der Waals surface area contributed by atoms with Crippen LogP contribution in [0.1, 0.15) is 38.3 Å². The molecule has 0 aliphatic carbocycles. The average Bonchev–Trinajstić information content (AvgIpc) is 2.80. The topological polar surface area (TPSA) is 108 Å². The number of halogens is 3. The fraction of sp³-hybridized carbons (Fsp3) is 0.423. The van der Waals surface area contributed by atoms with Crippen LogP contribution in [-0.4, -0.2) is 58.4 Å². The van der Waals surface area contributed by atoms with Gasteiger partial charge in [0.1, 0.15) is 17.7 Å². The lowest BCUT2D eigenvalue weighted by atomic mass is 10.1. The van der Waals surface area contributed by atoms with Crippen molar-refractivity contribution in [3.8, 4) is 0 Å². The predicted molar refractivity (Wildman–Crippen MR) is 130 cm³/mol. The highest BCUT2D eigenvalue weighted by molar-refractivity contribution is 5.87. The summed E-state index contributed by atoms with van der Waals surface area (Å²) in [7, 11) is 0. The second-order valence-electron chi connectivity index (χ2n) is 9.44. The van der Waals surface area contributed by atoms with Crippen LogP contribution in [0.5, 0.6) is 0 Å². The summed E-state index contributed by atoms with van der Waals surface area (Å²) in [5.74, 6) is -1.93.